The molecule has 5 nitrogen and oxygen atoms in total. The van der Waals surface area contributed by atoms with Crippen LogP contribution in [0.3, 0.4) is 0 Å². The van der Waals surface area contributed by atoms with Gasteiger partial charge in [-0.2, -0.15) is 0 Å². The average molecular weight is 388 g/mol. The van der Waals surface area contributed by atoms with Crippen molar-refractivity contribution in [2.24, 2.45) is 5.41 Å². The van der Waals surface area contributed by atoms with Crippen LogP contribution < -0.4 is 5.32 Å². The quantitative estimate of drug-likeness (QED) is 0.488. The number of nitro groups is 1. The lowest BCUT2D eigenvalue weighted by Gasteiger charge is -2.23. The van der Waals surface area contributed by atoms with E-state index in [4.69, 9.17) is 0 Å². The van der Waals surface area contributed by atoms with Crippen molar-refractivity contribution in [1.29, 1.82) is 0 Å². The SMILES string of the molecule is CC1(CNC(=O)c2cc([N+](=O)[O-])ccc2I)CCCC1. The fourth-order valence-corrected chi connectivity index (χ4v) is 3.18. The zero-order chi connectivity index (χ0) is 14.8. The third-order valence-electron chi connectivity index (χ3n) is 3.89. The number of nitrogens with one attached hydrogen (secondary N) is 1. The van der Waals surface area contributed by atoms with Gasteiger partial charge < -0.3 is 5.32 Å². The highest BCUT2D eigenvalue weighted by Gasteiger charge is 2.29. The first-order chi connectivity index (χ1) is 9.41. The molecule has 20 heavy (non-hydrogen) atoms. The summed E-state index contributed by atoms with van der Waals surface area (Å²) in [5.74, 6) is -0.230. The molecule has 0 bridgehead atoms. The highest BCUT2D eigenvalue weighted by molar-refractivity contribution is 14.1. The van der Waals surface area contributed by atoms with Gasteiger partial charge >= 0.3 is 0 Å². The predicted octanol–water partition coefficient (Wildman–Crippen LogP) is 3.51. The van der Waals surface area contributed by atoms with Gasteiger partial charge in [0.15, 0.2) is 0 Å². The van der Waals surface area contributed by atoms with E-state index in [-0.39, 0.29) is 17.0 Å². The first-order valence-electron chi connectivity index (χ1n) is 6.63. The highest BCUT2D eigenvalue weighted by atomic mass is 127. The lowest BCUT2D eigenvalue weighted by molar-refractivity contribution is -0.384. The van der Waals surface area contributed by atoms with Crippen LogP contribution >= 0.6 is 22.6 Å². The lowest BCUT2D eigenvalue weighted by Crippen LogP contribution is -2.34. The summed E-state index contributed by atoms with van der Waals surface area (Å²) in [5.41, 5.74) is 0.492. The Bertz CT molecular complexity index is 539. The molecule has 0 aliphatic heterocycles. The van der Waals surface area contributed by atoms with Gasteiger partial charge in [-0.05, 0) is 46.9 Å². The van der Waals surface area contributed by atoms with Gasteiger partial charge in [0, 0.05) is 22.2 Å². The molecule has 0 atom stereocenters. The van der Waals surface area contributed by atoms with Gasteiger partial charge in [0.1, 0.15) is 0 Å². The minimum Gasteiger partial charge on any atom is -0.351 e. The second-order valence-corrected chi connectivity index (χ2v) is 6.78. The van der Waals surface area contributed by atoms with Crippen molar-refractivity contribution in [2.75, 3.05) is 6.54 Å². The summed E-state index contributed by atoms with van der Waals surface area (Å²) in [5, 5.41) is 13.7. The summed E-state index contributed by atoms with van der Waals surface area (Å²) in [6.45, 7) is 2.81. The summed E-state index contributed by atoms with van der Waals surface area (Å²) in [4.78, 5) is 22.5. The molecule has 1 N–H and O–H groups in total. The number of non-ortho nitro benzene ring substituents is 1. The molecule has 2 rings (SSSR count). The Labute approximate surface area is 131 Å². The van der Waals surface area contributed by atoms with E-state index in [9.17, 15) is 14.9 Å². The largest absolute Gasteiger partial charge is 0.351 e. The molecule has 1 aliphatic rings. The second-order valence-electron chi connectivity index (χ2n) is 5.62. The van der Waals surface area contributed by atoms with Crippen molar-refractivity contribution >= 4 is 34.2 Å². The number of carbonyl (C=O) groups is 1. The molecule has 0 radical (unpaired) electrons. The zero-order valence-electron chi connectivity index (χ0n) is 11.3. The molecule has 108 valence electrons. The number of amides is 1. The fourth-order valence-electron chi connectivity index (χ4n) is 2.60. The number of halogens is 1. The molecule has 0 unspecified atom stereocenters. The number of nitro benzene ring substituents is 1. The summed E-state index contributed by atoms with van der Waals surface area (Å²) in [6.07, 6.45) is 4.67. The number of nitrogens with zero attached hydrogens (tertiary/aromatic N) is 1. The Morgan fingerprint density at radius 2 is 2.10 bits per heavy atom. The predicted molar refractivity (Wildman–Crippen MR) is 84.7 cm³/mol. The minimum atomic E-state index is -0.481. The molecule has 0 spiro atoms. The smallest absolute Gasteiger partial charge is 0.270 e. The van der Waals surface area contributed by atoms with Crippen LogP contribution in [0, 0.1) is 19.1 Å². The molecule has 1 aliphatic carbocycles. The molecular weight excluding hydrogens is 371 g/mol. The molecule has 1 aromatic rings. The van der Waals surface area contributed by atoms with E-state index >= 15 is 0 Å². The minimum absolute atomic E-state index is 0.0531. The molecular formula is C14H17IN2O3. The van der Waals surface area contributed by atoms with Gasteiger partial charge in [0.2, 0.25) is 0 Å². The summed E-state index contributed by atoms with van der Waals surface area (Å²) >= 11 is 2.02. The molecule has 6 heteroatoms. The maximum absolute atomic E-state index is 12.2. The highest BCUT2D eigenvalue weighted by Crippen LogP contribution is 2.36. The van der Waals surface area contributed by atoms with Crippen LogP contribution in [0.5, 0.6) is 0 Å². The van der Waals surface area contributed by atoms with Crippen molar-refractivity contribution in [3.63, 3.8) is 0 Å². The van der Waals surface area contributed by atoms with Crippen molar-refractivity contribution in [3.05, 3.63) is 37.4 Å². The molecule has 1 fully saturated rings. The van der Waals surface area contributed by atoms with Crippen LogP contribution in [0.15, 0.2) is 18.2 Å². The van der Waals surface area contributed by atoms with Crippen molar-refractivity contribution in [1.82, 2.24) is 5.32 Å². The zero-order valence-corrected chi connectivity index (χ0v) is 13.5. The molecule has 1 saturated carbocycles. The fraction of sp³-hybridized carbons (Fsp3) is 0.500. The Balaban J connectivity index is 2.08. The van der Waals surface area contributed by atoms with E-state index in [0.717, 1.165) is 16.4 Å². The Hall–Kier alpha value is -1.18. The van der Waals surface area contributed by atoms with Crippen molar-refractivity contribution in [3.8, 4) is 0 Å². The number of benzene rings is 1. The summed E-state index contributed by atoms with van der Waals surface area (Å²) in [7, 11) is 0. The molecule has 1 aromatic carbocycles. The van der Waals surface area contributed by atoms with E-state index < -0.39 is 4.92 Å². The van der Waals surface area contributed by atoms with E-state index in [0.29, 0.717) is 12.1 Å². The Morgan fingerprint density at radius 1 is 1.45 bits per heavy atom. The first-order valence-corrected chi connectivity index (χ1v) is 7.71. The number of rotatable bonds is 4. The number of carbonyl (C=O) groups excluding carboxylic acids is 1. The van der Waals surface area contributed by atoms with Gasteiger partial charge in [0.25, 0.3) is 11.6 Å². The van der Waals surface area contributed by atoms with Gasteiger partial charge in [-0.15, -0.1) is 0 Å². The monoisotopic (exact) mass is 388 g/mol. The topological polar surface area (TPSA) is 72.2 Å². The molecule has 0 aromatic heterocycles. The van der Waals surface area contributed by atoms with Crippen LogP contribution in [0.2, 0.25) is 0 Å². The normalized spacial score (nSPS) is 16.9. The molecule has 1 amide bonds. The number of hydrogen-bond donors (Lipinski definition) is 1. The summed E-state index contributed by atoms with van der Waals surface area (Å²) < 4.78 is 0.724. The van der Waals surface area contributed by atoms with Crippen molar-refractivity contribution in [2.45, 2.75) is 32.6 Å². The van der Waals surface area contributed by atoms with E-state index in [1.165, 1.54) is 25.0 Å². The van der Waals surface area contributed by atoms with Gasteiger partial charge in [-0.1, -0.05) is 19.8 Å². The van der Waals surface area contributed by atoms with Crippen LogP contribution in [-0.4, -0.2) is 17.4 Å². The van der Waals surface area contributed by atoms with E-state index in [2.05, 4.69) is 12.2 Å². The Kier molecular flexibility index (Phi) is 4.62. The van der Waals surface area contributed by atoms with Crippen molar-refractivity contribution < 1.29 is 9.72 Å². The standard InChI is InChI=1S/C14H17IN2O3/c1-14(6-2-3-7-14)9-16-13(18)11-8-10(17(19)20)4-5-12(11)15/h4-5,8H,2-3,6-7,9H2,1H3,(H,16,18). The molecule has 0 heterocycles. The maximum Gasteiger partial charge on any atom is 0.270 e. The third kappa shape index (κ3) is 3.47. The molecule has 0 saturated heterocycles. The second kappa shape index (κ2) is 6.07. The maximum atomic E-state index is 12.2. The van der Waals surface area contributed by atoms with Gasteiger partial charge in [-0.3, -0.25) is 14.9 Å². The Morgan fingerprint density at radius 3 is 2.70 bits per heavy atom. The van der Waals surface area contributed by atoms with Crippen LogP contribution in [0.1, 0.15) is 43.0 Å². The van der Waals surface area contributed by atoms with Gasteiger partial charge in [0.05, 0.1) is 10.5 Å². The van der Waals surface area contributed by atoms with E-state index in [1.54, 1.807) is 6.07 Å². The summed E-state index contributed by atoms with van der Waals surface area (Å²) in [6, 6.07) is 4.36. The first kappa shape index (κ1) is 15.2. The van der Waals surface area contributed by atoms with Crippen LogP contribution in [0.25, 0.3) is 0 Å². The van der Waals surface area contributed by atoms with Crippen LogP contribution in [0.4, 0.5) is 5.69 Å². The lowest BCUT2D eigenvalue weighted by atomic mass is 9.89. The van der Waals surface area contributed by atoms with Crippen LogP contribution in [-0.2, 0) is 0 Å². The van der Waals surface area contributed by atoms with Gasteiger partial charge in [-0.25, -0.2) is 0 Å². The average Bonchev–Trinajstić information content (AvgIpc) is 2.84. The van der Waals surface area contributed by atoms with E-state index in [1.807, 2.05) is 22.6 Å². The third-order valence-corrected chi connectivity index (χ3v) is 4.83. The number of hydrogen-bond acceptors (Lipinski definition) is 3.